The van der Waals surface area contributed by atoms with Crippen molar-refractivity contribution in [2.24, 2.45) is 5.16 Å². The van der Waals surface area contributed by atoms with E-state index in [1.54, 1.807) is 0 Å². The predicted molar refractivity (Wildman–Crippen MR) is 61.6 cm³/mol. The van der Waals surface area contributed by atoms with E-state index in [-0.39, 0.29) is 12.5 Å². The molecule has 0 aliphatic heterocycles. The maximum Gasteiger partial charge on any atom is 0.266 e. The van der Waals surface area contributed by atoms with Gasteiger partial charge in [0.2, 0.25) is 0 Å². The number of nitrogens with one attached hydrogen (secondary N) is 1. The number of carbonyl (C=O) groups excluding carboxylic acids is 1. The highest BCUT2D eigenvalue weighted by Gasteiger charge is 1.93. The molecular weight excluding hydrogens is 204 g/mol. The molecule has 0 aromatic heterocycles. The SMILES string of the molecule is C#CCNC(=O)/C=N/OCc1ccccc1. The summed E-state index contributed by atoms with van der Waals surface area (Å²) >= 11 is 0. The van der Waals surface area contributed by atoms with Crippen molar-refractivity contribution in [2.75, 3.05) is 6.54 Å². The molecule has 4 nitrogen and oxygen atoms in total. The van der Waals surface area contributed by atoms with Crippen LogP contribution in [0.1, 0.15) is 5.56 Å². The first-order valence-electron chi connectivity index (χ1n) is 4.73. The van der Waals surface area contributed by atoms with Gasteiger partial charge in [0.25, 0.3) is 5.91 Å². The molecule has 0 atom stereocenters. The van der Waals surface area contributed by atoms with Crippen molar-refractivity contribution < 1.29 is 9.63 Å². The van der Waals surface area contributed by atoms with Gasteiger partial charge in [-0.05, 0) is 5.56 Å². The Balaban J connectivity index is 2.23. The van der Waals surface area contributed by atoms with Crippen LogP contribution in [0.3, 0.4) is 0 Å². The van der Waals surface area contributed by atoms with Crippen LogP contribution in [0.15, 0.2) is 35.5 Å². The zero-order valence-corrected chi connectivity index (χ0v) is 8.72. The van der Waals surface area contributed by atoms with E-state index in [9.17, 15) is 4.79 Å². The molecule has 1 rings (SSSR count). The average Bonchev–Trinajstić information content (AvgIpc) is 2.33. The number of nitrogens with zero attached hydrogens (tertiary/aromatic N) is 1. The lowest BCUT2D eigenvalue weighted by molar-refractivity contribution is -0.114. The molecule has 0 saturated carbocycles. The summed E-state index contributed by atoms with van der Waals surface area (Å²) in [5.41, 5.74) is 0.990. The molecule has 0 unspecified atom stereocenters. The van der Waals surface area contributed by atoms with Crippen molar-refractivity contribution in [3.63, 3.8) is 0 Å². The molecule has 0 fully saturated rings. The zero-order chi connectivity index (χ0) is 11.6. The molecule has 4 heteroatoms. The molecular formula is C12H12N2O2. The fraction of sp³-hybridized carbons (Fsp3) is 0.167. The third kappa shape index (κ3) is 4.82. The minimum absolute atomic E-state index is 0.184. The molecule has 0 bridgehead atoms. The van der Waals surface area contributed by atoms with Crippen molar-refractivity contribution in [1.82, 2.24) is 5.32 Å². The number of oxime groups is 1. The van der Waals surface area contributed by atoms with E-state index in [2.05, 4.69) is 16.4 Å². The fourth-order valence-corrected chi connectivity index (χ4v) is 0.955. The van der Waals surface area contributed by atoms with Crippen LogP contribution < -0.4 is 5.32 Å². The second kappa shape index (κ2) is 7.07. The Kier molecular flexibility index (Phi) is 5.21. The molecule has 0 heterocycles. The number of hydrogen-bond acceptors (Lipinski definition) is 3. The third-order valence-electron chi connectivity index (χ3n) is 1.68. The first-order chi connectivity index (χ1) is 7.83. The van der Waals surface area contributed by atoms with E-state index >= 15 is 0 Å². The van der Waals surface area contributed by atoms with Gasteiger partial charge in [-0.15, -0.1) is 6.42 Å². The molecule has 1 aromatic carbocycles. The Hall–Kier alpha value is -2.28. The van der Waals surface area contributed by atoms with Gasteiger partial charge in [-0.3, -0.25) is 4.79 Å². The number of benzene rings is 1. The van der Waals surface area contributed by atoms with Gasteiger partial charge in [-0.1, -0.05) is 41.4 Å². The molecule has 82 valence electrons. The van der Waals surface area contributed by atoms with E-state index in [4.69, 9.17) is 11.3 Å². The van der Waals surface area contributed by atoms with Gasteiger partial charge in [0.1, 0.15) is 12.8 Å². The molecule has 0 aliphatic rings. The van der Waals surface area contributed by atoms with Crippen molar-refractivity contribution >= 4 is 12.1 Å². The van der Waals surface area contributed by atoms with Crippen LogP contribution in [0.4, 0.5) is 0 Å². The Morgan fingerprint density at radius 1 is 1.50 bits per heavy atom. The van der Waals surface area contributed by atoms with Crippen LogP contribution >= 0.6 is 0 Å². The quantitative estimate of drug-likeness (QED) is 0.452. The van der Waals surface area contributed by atoms with Crippen LogP contribution in [-0.2, 0) is 16.2 Å². The molecule has 16 heavy (non-hydrogen) atoms. The summed E-state index contributed by atoms with van der Waals surface area (Å²) in [5, 5.41) is 5.94. The van der Waals surface area contributed by atoms with Gasteiger partial charge in [0.15, 0.2) is 0 Å². The number of amides is 1. The maximum absolute atomic E-state index is 11.0. The molecule has 1 N–H and O–H groups in total. The third-order valence-corrected chi connectivity index (χ3v) is 1.68. The normalized spacial score (nSPS) is 9.69. The predicted octanol–water partition coefficient (Wildman–Crippen LogP) is 0.938. The lowest BCUT2D eigenvalue weighted by Gasteiger charge is -1.98. The van der Waals surface area contributed by atoms with Crippen LogP contribution in [0.5, 0.6) is 0 Å². The zero-order valence-electron chi connectivity index (χ0n) is 8.72. The Morgan fingerprint density at radius 2 is 2.25 bits per heavy atom. The Morgan fingerprint density at radius 3 is 2.94 bits per heavy atom. The summed E-state index contributed by atoms with van der Waals surface area (Å²) in [7, 11) is 0. The minimum atomic E-state index is -0.369. The summed E-state index contributed by atoms with van der Waals surface area (Å²) in [6.07, 6.45) is 6.02. The standard InChI is InChI=1S/C12H12N2O2/c1-2-8-13-12(15)9-14-16-10-11-6-4-3-5-7-11/h1,3-7,9H,8,10H2,(H,13,15)/b14-9+. The molecule has 1 aromatic rings. The van der Waals surface area contributed by atoms with Crippen LogP contribution in [0.25, 0.3) is 0 Å². The van der Waals surface area contributed by atoms with E-state index < -0.39 is 0 Å². The topological polar surface area (TPSA) is 50.7 Å². The number of terminal acetylenes is 1. The minimum Gasteiger partial charge on any atom is -0.391 e. The van der Waals surface area contributed by atoms with E-state index in [0.29, 0.717) is 6.61 Å². The van der Waals surface area contributed by atoms with Crippen molar-refractivity contribution in [2.45, 2.75) is 6.61 Å². The molecule has 0 aliphatic carbocycles. The summed E-state index contributed by atoms with van der Waals surface area (Å²) < 4.78 is 0. The number of rotatable bonds is 5. The average molecular weight is 216 g/mol. The van der Waals surface area contributed by atoms with Gasteiger partial charge in [-0.25, -0.2) is 0 Å². The highest BCUT2D eigenvalue weighted by atomic mass is 16.6. The molecule has 1 amide bonds. The first-order valence-corrected chi connectivity index (χ1v) is 4.73. The molecule has 0 radical (unpaired) electrons. The highest BCUT2D eigenvalue weighted by Crippen LogP contribution is 1.99. The number of carbonyl (C=O) groups is 1. The van der Waals surface area contributed by atoms with Crippen LogP contribution in [-0.4, -0.2) is 18.7 Å². The van der Waals surface area contributed by atoms with Gasteiger partial charge in [0, 0.05) is 0 Å². The second-order valence-electron chi connectivity index (χ2n) is 2.92. The van der Waals surface area contributed by atoms with Crippen LogP contribution in [0, 0.1) is 12.3 Å². The summed E-state index contributed by atoms with van der Waals surface area (Å²) in [6.45, 7) is 0.517. The lowest BCUT2D eigenvalue weighted by atomic mass is 10.2. The second-order valence-corrected chi connectivity index (χ2v) is 2.92. The lowest BCUT2D eigenvalue weighted by Crippen LogP contribution is -2.24. The van der Waals surface area contributed by atoms with Crippen molar-refractivity contribution in [3.8, 4) is 12.3 Å². The fourth-order valence-electron chi connectivity index (χ4n) is 0.955. The van der Waals surface area contributed by atoms with E-state index in [1.165, 1.54) is 0 Å². The Labute approximate surface area is 94.3 Å². The number of hydrogen-bond donors (Lipinski definition) is 1. The van der Waals surface area contributed by atoms with Crippen LogP contribution in [0.2, 0.25) is 0 Å². The van der Waals surface area contributed by atoms with E-state index in [0.717, 1.165) is 11.8 Å². The summed E-state index contributed by atoms with van der Waals surface area (Å²) in [5.74, 6) is 1.91. The van der Waals surface area contributed by atoms with E-state index in [1.807, 2.05) is 30.3 Å². The smallest absolute Gasteiger partial charge is 0.266 e. The highest BCUT2D eigenvalue weighted by molar-refractivity contribution is 6.26. The molecule has 0 saturated heterocycles. The van der Waals surface area contributed by atoms with Gasteiger partial charge >= 0.3 is 0 Å². The first kappa shape index (κ1) is 11.8. The summed E-state index contributed by atoms with van der Waals surface area (Å²) in [4.78, 5) is 15.9. The van der Waals surface area contributed by atoms with Crippen molar-refractivity contribution in [3.05, 3.63) is 35.9 Å². The van der Waals surface area contributed by atoms with Gasteiger partial charge < -0.3 is 10.2 Å². The van der Waals surface area contributed by atoms with Crippen molar-refractivity contribution in [1.29, 1.82) is 0 Å². The Bertz CT molecular complexity index is 393. The maximum atomic E-state index is 11.0. The molecule has 0 spiro atoms. The largest absolute Gasteiger partial charge is 0.391 e. The summed E-state index contributed by atoms with van der Waals surface area (Å²) in [6, 6.07) is 9.55. The van der Waals surface area contributed by atoms with Gasteiger partial charge in [-0.2, -0.15) is 0 Å². The van der Waals surface area contributed by atoms with Gasteiger partial charge in [0.05, 0.1) is 6.54 Å². The monoisotopic (exact) mass is 216 g/mol.